The molecule has 3 nitrogen and oxygen atoms in total. The van der Waals surface area contributed by atoms with Gasteiger partial charge >= 0.3 is 0 Å². The average Bonchev–Trinajstić information content (AvgIpc) is 3.02. The molecule has 2 fully saturated rings. The van der Waals surface area contributed by atoms with Crippen LogP contribution in [0.3, 0.4) is 0 Å². The molecule has 1 unspecified atom stereocenters. The highest BCUT2D eigenvalue weighted by atomic mass is 16.5. The van der Waals surface area contributed by atoms with E-state index in [-0.39, 0.29) is 0 Å². The lowest BCUT2D eigenvalue weighted by Gasteiger charge is -2.42. The van der Waals surface area contributed by atoms with Crippen LogP contribution in [0.25, 0.3) is 0 Å². The van der Waals surface area contributed by atoms with Gasteiger partial charge in [-0.15, -0.1) is 0 Å². The fourth-order valence-corrected chi connectivity index (χ4v) is 2.57. The summed E-state index contributed by atoms with van der Waals surface area (Å²) < 4.78 is 5.28. The van der Waals surface area contributed by atoms with Crippen LogP contribution in [0.15, 0.2) is 0 Å². The summed E-state index contributed by atoms with van der Waals surface area (Å²) in [5.41, 5.74) is -1.42. The van der Waals surface area contributed by atoms with Crippen LogP contribution in [-0.4, -0.2) is 23.9 Å². The van der Waals surface area contributed by atoms with Crippen LogP contribution in [0.5, 0.6) is 0 Å². The maximum atomic E-state index is 10.5. The minimum Gasteiger partial charge on any atom is -0.389 e. The van der Waals surface area contributed by atoms with E-state index >= 15 is 0 Å². The van der Waals surface area contributed by atoms with Crippen molar-refractivity contribution in [2.24, 2.45) is 11.3 Å². The van der Waals surface area contributed by atoms with Gasteiger partial charge in [0.05, 0.1) is 17.1 Å². The van der Waals surface area contributed by atoms with Gasteiger partial charge < -0.3 is 9.84 Å². The van der Waals surface area contributed by atoms with Crippen molar-refractivity contribution in [1.29, 1.82) is 5.26 Å². The molecule has 0 aromatic heterocycles. The molecule has 3 heteroatoms. The quantitative estimate of drug-likeness (QED) is 0.771. The van der Waals surface area contributed by atoms with Crippen molar-refractivity contribution in [1.82, 2.24) is 0 Å². The number of rotatable bonds is 3. The Hall–Kier alpha value is -0.590. The fourth-order valence-electron chi connectivity index (χ4n) is 2.57. The molecular formula is C12H19NO2. The molecular weight excluding hydrogens is 190 g/mol. The second-order valence-electron chi connectivity index (χ2n) is 5.23. The van der Waals surface area contributed by atoms with Crippen molar-refractivity contribution in [3.8, 4) is 6.07 Å². The molecule has 2 rings (SSSR count). The van der Waals surface area contributed by atoms with Crippen LogP contribution in [0.1, 0.15) is 39.0 Å². The maximum Gasteiger partial charge on any atom is 0.0901 e. The Morgan fingerprint density at radius 3 is 2.53 bits per heavy atom. The zero-order chi connectivity index (χ0) is 10.9. The summed E-state index contributed by atoms with van der Waals surface area (Å²) in [5.74, 6) is 0.646. The number of ether oxygens (including phenoxy) is 1. The van der Waals surface area contributed by atoms with Gasteiger partial charge in [0.15, 0.2) is 0 Å². The smallest absolute Gasteiger partial charge is 0.0901 e. The van der Waals surface area contributed by atoms with Gasteiger partial charge in [0.25, 0.3) is 0 Å². The molecule has 1 atom stereocenters. The topological polar surface area (TPSA) is 53.2 Å². The van der Waals surface area contributed by atoms with Gasteiger partial charge in [0.2, 0.25) is 0 Å². The first-order valence-corrected chi connectivity index (χ1v) is 5.81. The molecule has 1 N–H and O–H groups in total. The predicted molar refractivity (Wildman–Crippen MR) is 56.1 cm³/mol. The summed E-state index contributed by atoms with van der Waals surface area (Å²) in [4.78, 5) is 0. The highest BCUT2D eigenvalue weighted by molar-refractivity contribution is 5.11. The van der Waals surface area contributed by atoms with Crippen LogP contribution in [0.4, 0.5) is 0 Å². The highest BCUT2D eigenvalue weighted by Gasteiger charge is 2.50. The maximum absolute atomic E-state index is 10.5. The molecule has 0 aromatic rings. The molecule has 1 aliphatic carbocycles. The fraction of sp³-hybridized carbons (Fsp3) is 0.917. The molecule has 1 aliphatic heterocycles. The summed E-state index contributed by atoms with van der Waals surface area (Å²) in [6, 6.07) is 2.36. The number of nitrogens with zero attached hydrogens (tertiary/aromatic N) is 1. The summed E-state index contributed by atoms with van der Waals surface area (Å²) in [7, 11) is 0. The van der Waals surface area contributed by atoms with Crippen molar-refractivity contribution in [2.45, 2.75) is 44.6 Å². The lowest BCUT2D eigenvalue weighted by Crippen LogP contribution is -2.48. The monoisotopic (exact) mass is 209 g/mol. The van der Waals surface area contributed by atoms with E-state index in [9.17, 15) is 10.4 Å². The van der Waals surface area contributed by atoms with Gasteiger partial charge in [0, 0.05) is 13.2 Å². The lowest BCUT2D eigenvalue weighted by atomic mass is 9.66. The van der Waals surface area contributed by atoms with E-state index in [4.69, 9.17) is 4.74 Å². The van der Waals surface area contributed by atoms with Gasteiger partial charge in [-0.3, -0.25) is 0 Å². The molecule has 2 aliphatic rings. The number of nitriles is 1. The average molecular weight is 209 g/mol. The van der Waals surface area contributed by atoms with E-state index in [2.05, 4.69) is 6.07 Å². The second kappa shape index (κ2) is 3.77. The van der Waals surface area contributed by atoms with Crippen LogP contribution in [0, 0.1) is 22.7 Å². The molecule has 84 valence electrons. The third-order valence-corrected chi connectivity index (χ3v) is 3.97. The van der Waals surface area contributed by atoms with E-state index in [0.29, 0.717) is 32.0 Å². The van der Waals surface area contributed by atoms with Gasteiger partial charge in [-0.05, 0) is 32.1 Å². The third-order valence-electron chi connectivity index (χ3n) is 3.97. The van der Waals surface area contributed by atoms with E-state index in [1.54, 1.807) is 0 Å². The Balaban J connectivity index is 2.11. The first kappa shape index (κ1) is 10.9. The van der Waals surface area contributed by atoms with Gasteiger partial charge in [0.1, 0.15) is 0 Å². The van der Waals surface area contributed by atoms with Crippen molar-refractivity contribution in [2.75, 3.05) is 13.2 Å². The SMILES string of the molecule is CC(O)(CC1CC1)C1(C#N)CCOCC1. The molecule has 0 bridgehead atoms. The van der Waals surface area contributed by atoms with E-state index in [0.717, 1.165) is 6.42 Å². The normalized spacial score (nSPS) is 29.1. The van der Waals surface area contributed by atoms with Crippen LogP contribution in [-0.2, 0) is 4.74 Å². The van der Waals surface area contributed by atoms with Crippen molar-refractivity contribution in [3.05, 3.63) is 0 Å². The van der Waals surface area contributed by atoms with Gasteiger partial charge in [-0.1, -0.05) is 12.8 Å². The molecule has 1 saturated carbocycles. The first-order valence-electron chi connectivity index (χ1n) is 5.81. The number of aliphatic hydroxyl groups is 1. The van der Waals surface area contributed by atoms with Crippen molar-refractivity contribution >= 4 is 0 Å². The van der Waals surface area contributed by atoms with Crippen LogP contribution in [0.2, 0.25) is 0 Å². The summed E-state index contributed by atoms with van der Waals surface area (Å²) >= 11 is 0. The minimum atomic E-state index is -0.841. The van der Waals surface area contributed by atoms with E-state index in [1.165, 1.54) is 12.8 Å². The third kappa shape index (κ3) is 2.02. The Kier molecular flexibility index (Phi) is 2.74. The Bertz CT molecular complexity index is 270. The Morgan fingerprint density at radius 1 is 1.47 bits per heavy atom. The lowest BCUT2D eigenvalue weighted by molar-refractivity contribution is -0.0992. The molecule has 0 aromatic carbocycles. The van der Waals surface area contributed by atoms with E-state index in [1.807, 2.05) is 6.92 Å². The zero-order valence-electron chi connectivity index (χ0n) is 9.33. The van der Waals surface area contributed by atoms with Crippen LogP contribution >= 0.6 is 0 Å². The van der Waals surface area contributed by atoms with Crippen molar-refractivity contribution in [3.63, 3.8) is 0 Å². The largest absolute Gasteiger partial charge is 0.389 e. The molecule has 1 saturated heterocycles. The minimum absolute atomic E-state index is 0.576. The Morgan fingerprint density at radius 2 is 2.07 bits per heavy atom. The summed E-state index contributed by atoms with van der Waals surface area (Å²) in [6.45, 7) is 3.04. The van der Waals surface area contributed by atoms with Crippen LogP contribution < -0.4 is 0 Å². The molecule has 0 spiro atoms. The van der Waals surface area contributed by atoms with E-state index < -0.39 is 11.0 Å². The van der Waals surface area contributed by atoms with Gasteiger partial charge in [-0.25, -0.2) is 0 Å². The second-order valence-corrected chi connectivity index (χ2v) is 5.23. The highest BCUT2D eigenvalue weighted by Crippen LogP contribution is 2.47. The summed E-state index contributed by atoms with van der Waals surface area (Å²) in [5, 5.41) is 19.9. The number of hydrogen-bond donors (Lipinski definition) is 1. The summed E-state index contributed by atoms with van der Waals surface area (Å²) in [6.07, 6.45) is 4.55. The molecule has 15 heavy (non-hydrogen) atoms. The Labute approximate surface area is 91.0 Å². The van der Waals surface area contributed by atoms with Gasteiger partial charge in [-0.2, -0.15) is 5.26 Å². The molecule has 0 radical (unpaired) electrons. The molecule has 1 heterocycles. The standard InChI is InChI=1S/C12H19NO2/c1-11(14,8-10-2-3-10)12(9-13)4-6-15-7-5-12/h10,14H,2-8H2,1H3. The molecule has 0 amide bonds. The predicted octanol–water partition coefficient (Wildman–Crippen LogP) is 1.86. The zero-order valence-corrected chi connectivity index (χ0v) is 9.33. The first-order chi connectivity index (χ1) is 7.10. The van der Waals surface area contributed by atoms with Crippen molar-refractivity contribution < 1.29 is 9.84 Å². The number of hydrogen-bond acceptors (Lipinski definition) is 3.